The van der Waals surface area contributed by atoms with Gasteiger partial charge in [0.05, 0.1) is 0 Å². The molecule has 6 heteroatoms. The SMILES string of the molecule is CC(C)(C)C(=O)[As](C[As](C(=O)C(C)(C)C)[Si](C)(C)C)[Si](C)(C)C. The van der Waals surface area contributed by atoms with Crippen LogP contribution in [0.1, 0.15) is 41.5 Å². The molecular weight excluding hydrogens is 442 g/mol. The maximum atomic E-state index is 13.2. The molecule has 0 N–H and O–H groups in total. The van der Waals surface area contributed by atoms with E-state index in [0.29, 0.717) is 9.14 Å². The topological polar surface area (TPSA) is 34.1 Å². The van der Waals surface area contributed by atoms with Gasteiger partial charge in [-0.3, -0.25) is 0 Å². The van der Waals surface area contributed by atoms with E-state index in [9.17, 15) is 9.59 Å². The second kappa shape index (κ2) is 7.64. The molecule has 0 aliphatic heterocycles. The molecule has 136 valence electrons. The number of carbonyl (C=O) groups excluding carboxylic acids is 2. The first kappa shape index (κ1) is 23.9. The van der Waals surface area contributed by atoms with Gasteiger partial charge in [0.2, 0.25) is 0 Å². The zero-order chi connectivity index (χ0) is 19.0. The minimum absolute atomic E-state index is 0.245. The predicted octanol–water partition coefficient (Wildman–Crippen LogP) is 4.66. The molecule has 2 unspecified atom stereocenters. The summed E-state index contributed by atoms with van der Waals surface area (Å²) in [6, 6.07) is 0. The fourth-order valence-corrected chi connectivity index (χ4v) is 70.3. The molecule has 0 radical (unpaired) electrons. The van der Waals surface area contributed by atoms with Gasteiger partial charge in [0.25, 0.3) is 0 Å². The third-order valence-corrected chi connectivity index (χ3v) is 49.3. The summed E-state index contributed by atoms with van der Waals surface area (Å²) in [5.41, 5.74) is -0.491. The van der Waals surface area contributed by atoms with Gasteiger partial charge in [-0.2, -0.15) is 0 Å². The van der Waals surface area contributed by atoms with E-state index in [-0.39, 0.29) is 10.8 Å². The summed E-state index contributed by atoms with van der Waals surface area (Å²) < 4.78 is 2.12. The maximum absolute atomic E-state index is 13.2. The molecule has 0 bridgehead atoms. The molecule has 0 heterocycles. The third-order valence-electron chi connectivity index (χ3n) is 3.68. The van der Waals surface area contributed by atoms with Crippen molar-refractivity contribution in [2.45, 2.75) is 84.8 Å². The van der Waals surface area contributed by atoms with Crippen LogP contribution in [0, 0.1) is 10.8 Å². The van der Waals surface area contributed by atoms with Crippen molar-refractivity contribution in [1.82, 2.24) is 0 Å². The Kier molecular flexibility index (Phi) is 7.94. The summed E-state index contributed by atoms with van der Waals surface area (Å²) in [6.45, 7) is 23.5. The molecule has 0 spiro atoms. The van der Waals surface area contributed by atoms with Crippen LogP contribution in [0.15, 0.2) is 0 Å². The molecule has 0 rings (SSSR count). The fourth-order valence-electron chi connectivity index (χ4n) is 2.11. The molecule has 0 aromatic heterocycles. The Morgan fingerprint density at radius 3 is 1.00 bits per heavy atom. The van der Waals surface area contributed by atoms with Crippen LogP contribution in [-0.2, 0) is 9.59 Å². The number of carbonyl (C=O) groups is 2. The first-order chi connectivity index (χ1) is 9.79. The Bertz CT molecular complexity index is 407. The van der Waals surface area contributed by atoms with Gasteiger partial charge in [-0.1, -0.05) is 0 Å². The van der Waals surface area contributed by atoms with Gasteiger partial charge in [-0.25, -0.2) is 0 Å². The Morgan fingerprint density at radius 1 is 0.652 bits per heavy atom. The molecule has 0 saturated carbocycles. The molecule has 2 nitrogen and oxygen atoms in total. The summed E-state index contributed by atoms with van der Waals surface area (Å²) in [5.74, 6) is 0. The number of hydrogen-bond donors (Lipinski definition) is 0. The monoisotopic (exact) mass is 480 g/mol. The molecule has 0 aromatic carbocycles. The van der Waals surface area contributed by atoms with E-state index in [0.717, 1.165) is 4.00 Å². The minimum atomic E-state index is -1.63. The van der Waals surface area contributed by atoms with E-state index in [1.807, 2.05) is 0 Å². The molecule has 0 aromatic rings. The molecular formula is C17H38As2O2Si2. The van der Waals surface area contributed by atoms with Gasteiger partial charge >= 0.3 is 155 Å². The van der Waals surface area contributed by atoms with Crippen LogP contribution in [0.4, 0.5) is 0 Å². The van der Waals surface area contributed by atoms with E-state index >= 15 is 0 Å². The van der Waals surface area contributed by atoms with Crippen molar-refractivity contribution < 1.29 is 9.59 Å². The fraction of sp³-hybridized carbons (Fsp3) is 0.882. The second-order valence-electron chi connectivity index (χ2n) is 10.4. The molecule has 0 amide bonds. The van der Waals surface area contributed by atoms with Crippen molar-refractivity contribution >= 4 is 50.2 Å². The van der Waals surface area contributed by atoms with Crippen molar-refractivity contribution in [2.24, 2.45) is 10.8 Å². The van der Waals surface area contributed by atoms with Crippen molar-refractivity contribution in [3.63, 3.8) is 0 Å². The average Bonchev–Trinajstić information content (AvgIpc) is 2.22. The van der Waals surface area contributed by atoms with Crippen LogP contribution < -0.4 is 0 Å². The molecule has 0 aliphatic carbocycles. The standard InChI is InChI=1S/C17H38As2O2Si2/c1-16(2,3)14(20)18(22(7,8)9)13-19(23(10,11)12)15(21)17(4,5)6/h13H2,1-12H3. The number of rotatable bonds is 6. The second-order valence-corrected chi connectivity index (χ2v) is 50.6. The van der Waals surface area contributed by atoms with Gasteiger partial charge in [-0.05, 0) is 0 Å². The van der Waals surface area contributed by atoms with Crippen LogP contribution in [0.25, 0.3) is 0 Å². The molecule has 0 fully saturated rings. The summed E-state index contributed by atoms with van der Waals surface area (Å²) in [7, 11) is 0. The van der Waals surface area contributed by atoms with Gasteiger partial charge in [0.1, 0.15) is 0 Å². The van der Waals surface area contributed by atoms with E-state index in [2.05, 4.69) is 80.8 Å². The van der Waals surface area contributed by atoms with Gasteiger partial charge < -0.3 is 0 Å². The van der Waals surface area contributed by atoms with Crippen LogP contribution in [0.2, 0.25) is 43.3 Å². The Morgan fingerprint density at radius 2 is 0.870 bits per heavy atom. The van der Waals surface area contributed by atoms with E-state index in [1.54, 1.807) is 0 Å². The Hall–Kier alpha value is 0.891. The van der Waals surface area contributed by atoms with Crippen LogP contribution in [0.5, 0.6) is 0 Å². The van der Waals surface area contributed by atoms with E-state index in [1.165, 1.54) is 0 Å². The summed E-state index contributed by atoms with van der Waals surface area (Å²) in [5, 5.41) is 0. The van der Waals surface area contributed by atoms with E-state index in [4.69, 9.17) is 0 Å². The summed E-state index contributed by atoms with van der Waals surface area (Å²) in [4.78, 5) is 26.3. The van der Waals surface area contributed by atoms with E-state index < -0.39 is 41.1 Å². The van der Waals surface area contributed by atoms with Gasteiger partial charge in [-0.15, -0.1) is 0 Å². The Balaban J connectivity index is 5.84. The normalized spacial score (nSPS) is 16.9. The van der Waals surface area contributed by atoms with Crippen LogP contribution >= 0.6 is 0 Å². The number of hydrogen-bond acceptors (Lipinski definition) is 2. The predicted molar refractivity (Wildman–Crippen MR) is 112 cm³/mol. The zero-order valence-corrected chi connectivity index (χ0v) is 23.2. The molecule has 23 heavy (non-hydrogen) atoms. The average molecular weight is 481 g/mol. The van der Waals surface area contributed by atoms with Crippen molar-refractivity contribution in [3.05, 3.63) is 0 Å². The van der Waals surface area contributed by atoms with Crippen LogP contribution in [-0.4, -0.2) is 50.2 Å². The van der Waals surface area contributed by atoms with Crippen molar-refractivity contribution in [1.29, 1.82) is 0 Å². The van der Waals surface area contributed by atoms with Crippen molar-refractivity contribution in [2.75, 3.05) is 0 Å². The summed E-state index contributed by atoms with van der Waals surface area (Å²) >= 11 is -3.26. The Labute approximate surface area is 154 Å². The summed E-state index contributed by atoms with van der Waals surface area (Å²) in [6.07, 6.45) is 0. The quantitative estimate of drug-likeness (QED) is 0.519. The third kappa shape index (κ3) is 7.34. The first-order valence-corrected chi connectivity index (χ1v) is 25.5. The molecule has 0 aliphatic rings. The molecule has 0 saturated heterocycles. The molecule has 2 atom stereocenters. The van der Waals surface area contributed by atoms with Crippen molar-refractivity contribution in [3.8, 4) is 0 Å². The van der Waals surface area contributed by atoms with Gasteiger partial charge in [0.15, 0.2) is 0 Å². The first-order valence-electron chi connectivity index (χ1n) is 8.44. The van der Waals surface area contributed by atoms with Gasteiger partial charge in [0, 0.05) is 0 Å². The van der Waals surface area contributed by atoms with Crippen LogP contribution in [0.3, 0.4) is 0 Å². The zero-order valence-electron chi connectivity index (χ0n) is 17.4.